The van der Waals surface area contributed by atoms with Gasteiger partial charge in [0.2, 0.25) is 0 Å². The van der Waals surface area contributed by atoms with Gasteiger partial charge in [0, 0.05) is 23.5 Å². The lowest BCUT2D eigenvalue weighted by Gasteiger charge is -2.05. The van der Waals surface area contributed by atoms with Crippen molar-refractivity contribution in [2.24, 2.45) is 0 Å². The molecule has 0 N–H and O–H groups in total. The first-order chi connectivity index (χ1) is 8.22. The minimum Gasteiger partial charge on any atom is -0.288 e. The lowest BCUT2D eigenvalue weighted by Crippen LogP contribution is -2.09. The molecule has 0 saturated carbocycles. The van der Waals surface area contributed by atoms with E-state index in [1.165, 1.54) is 0 Å². The minimum absolute atomic E-state index is 0.0482. The van der Waals surface area contributed by atoms with Crippen LogP contribution in [0.25, 0.3) is 0 Å². The quantitative estimate of drug-likeness (QED) is 0.752. The van der Waals surface area contributed by atoms with Crippen LogP contribution in [0.2, 0.25) is 0 Å². The maximum atomic E-state index is 12.3. The molecule has 0 aromatic carbocycles. The lowest BCUT2D eigenvalue weighted by atomic mass is 10.0. The van der Waals surface area contributed by atoms with E-state index in [0.717, 1.165) is 11.4 Å². The number of hydrogen-bond acceptors (Lipinski definition) is 4. The molecule has 2 aromatic heterocycles. The molecule has 0 bridgehead atoms. The Labute approximate surface area is 99.7 Å². The molecule has 0 aliphatic heterocycles. The Kier molecular flexibility index (Phi) is 3.23. The third-order valence-electron chi connectivity index (χ3n) is 2.50. The SMILES string of the molecule is CCc1nnc(C)cc1C(=O)c1cccnc1. The second-order valence-electron chi connectivity index (χ2n) is 3.77. The fourth-order valence-electron chi connectivity index (χ4n) is 1.62. The van der Waals surface area contributed by atoms with Crippen molar-refractivity contribution in [2.75, 3.05) is 0 Å². The van der Waals surface area contributed by atoms with Crippen LogP contribution in [0.3, 0.4) is 0 Å². The van der Waals surface area contributed by atoms with Crippen molar-refractivity contribution < 1.29 is 4.79 Å². The molecule has 2 heterocycles. The van der Waals surface area contributed by atoms with Crippen LogP contribution < -0.4 is 0 Å². The molecule has 4 heteroatoms. The van der Waals surface area contributed by atoms with E-state index in [0.29, 0.717) is 17.5 Å². The van der Waals surface area contributed by atoms with E-state index in [1.54, 1.807) is 30.6 Å². The molecule has 0 amide bonds. The van der Waals surface area contributed by atoms with E-state index in [9.17, 15) is 4.79 Å². The van der Waals surface area contributed by atoms with E-state index >= 15 is 0 Å². The molecule has 0 fully saturated rings. The van der Waals surface area contributed by atoms with Gasteiger partial charge in [0.1, 0.15) is 0 Å². The lowest BCUT2D eigenvalue weighted by molar-refractivity contribution is 0.103. The molecule has 0 unspecified atom stereocenters. The number of ketones is 1. The summed E-state index contributed by atoms with van der Waals surface area (Å²) in [5.41, 5.74) is 2.67. The van der Waals surface area contributed by atoms with Crippen molar-refractivity contribution >= 4 is 5.78 Å². The van der Waals surface area contributed by atoms with Crippen LogP contribution in [0.5, 0.6) is 0 Å². The monoisotopic (exact) mass is 227 g/mol. The van der Waals surface area contributed by atoms with E-state index in [-0.39, 0.29) is 5.78 Å². The number of carbonyl (C=O) groups excluding carboxylic acids is 1. The average Bonchev–Trinajstić information content (AvgIpc) is 2.39. The number of aromatic nitrogens is 3. The number of rotatable bonds is 3. The maximum Gasteiger partial charge on any atom is 0.196 e. The Morgan fingerprint density at radius 2 is 2.18 bits per heavy atom. The van der Waals surface area contributed by atoms with Crippen LogP contribution in [-0.2, 0) is 6.42 Å². The Bertz CT molecular complexity index is 538. The molecule has 0 aliphatic rings. The van der Waals surface area contributed by atoms with Crippen molar-refractivity contribution in [1.29, 1.82) is 0 Å². The van der Waals surface area contributed by atoms with Gasteiger partial charge in [0.15, 0.2) is 5.78 Å². The first-order valence-electron chi connectivity index (χ1n) is 5.50. The Balaban J connectivity index is 2.47. The third kappa shape index (κ3) is 2.36. The van der Waals surface area contributed by atoms with E-state index in [1.807, 2.05) is 13.8 Å². The zero-order chi connectivity index (χ0) is 12.3. The van der Waals surface area contributed by atoms with Gasteiger partial charge in [-0.2, -0.15) is 10.2 Å². The number of hydrogen-bond donors (Lipinski definition) is 0. The van der Waals surface area contributed by atoms with E-state index < -0.39 is 0 Å². The predicted octanol–water partition coefficient (Wildman–Crippen LogP) is 1.97. The normalized spacial score (nSPS) is 10.2. The molecular weight excluding hydrogens is 214 g/mol. The van der Waals surface area contributed by atoms with Crippen LogP contribution >= 0.6 is 0 Å². The van der Waals surface area contributed by atoms with E-state index in [2.05, 4.69) is 15.2 Å². The zero-order valence-corrected chi connectivity index (χ0v) is 9.84. The van der Waals surface area contributed by atoms with Crippen LogP contribution in [0, 0.1) is 6.92 Å². The molecule has 0 radical (unpaired) electrons. The molecule has 0 aliphatic carbocycles. The summed E-state index contributed by atoms with van der Waals surface area (Å²) < 4.78 is 0. The Hall–Kier alpha value is -2.10. The van der Waals surface area contributed by atoms with Gasteiger partial charge in [-0.15, -0.1) is 0 Å². The molecule has 0 atom stereocenters. The van der Waals surface area contributed by atoms with Gasteiger partial charge >= 0.3 is 0 Å². The summed E-state index contributed by atoms with van der Waals surface area (Å²) in [5, 5.41) is 8.02. The standard InChI is InChI=1S/C13H13N3O/c1-3-12-11(7-9(2)15-16-12)13(17)10-5-4-6-14-8-10/h4-8H,3H2,1-2H3. The maximum absolute atomic E-state index is 12.3. The van der Waals surface area contributed by atoms with Crippen LogP contribution in [0.1, 0.15) is 34.2 Å². The molecule has 17 heavy (non-hydrogen) atoms. The second-order valence-corrected chi connectivity index (χ2v) is 3.77. The summed E-state index contributed by atoms with van der Waals surface area (Å²) in [5.74, 6) is -0.0482. The second kappa shape index (κ2) is 4.82. The highest BCUT2D eigenvalue weighted by Crippen LogP contribution is 2.13. The average molecular weight is 227 g/mol. The van der Waals surface area contributed by atoms with Gasteiger partial charge in [0.25, 0.3) is 0 Å². The number of nitrogens with zero attached hydrogens (tertiary/aromatic N) is 3. The third-order valence-corrected chi connectivity index (χ3v) is 2.50. The molecule has 4 nitrogen and oxygen atoms in total. The van der Waals surface area contributed by atoms with Crippen LogP contribution in [0.4, 0.5) is 0 Å². The van der Waals surface area contributed by atoms with Gasteiger partial charge in [-0.25, -0.2) is 0 Å². The molecule has 2 rings (SSSR count). The van der Waals surface area contributed by atoms with Crippen molar-refractivity contribution in [3.8, 4) is 0 Å². The van der Waals surface area contributed by atoms with Crippen molar-refractivity contribution in [1.82, 2.24) is 15.2 Å². The summed E-state index contributed by atoms with van der Waals surface area (Å²) in [6, 6.07) is 5.28. The summed E-state index contributed by atoms with van der Waals surface area (Å²) in [4.78, 5) is 16.2. The van der Waals surface area contributed by atoms with Gasteiger partial charge in [-0.1, -0.05) is 6.92 Å². The molecule has 86 valence electrons. The fourth-order valence-corrected chi connectivity index (χ4v) is 1.62. The Morgan fingerprint density at radius 1 is 1.35 bits per heavy atom. The summed E-state index contributed by atoms with van der Waals surface area (Å²) in [7, 11) is 0. The smallest absolute Gasteiger partial charge is 0.196 e. The zero-order valence-electron chi connectivity index (χ0n) is 9.84. The van der Waals surface area contributed by atoms with Crippen molar-refractivity contribution in [3.63, 3.8) is 0 Å². The highest BCUT2D eigenvalue weighted by atomic mass is 16.1. The van der Waals surface area contributed by atoms with Gasteiger partial charge < -0.3 is 0 Å². The number of pyridine rings is 1. The summed E-state index contributed by atoms with van der Waals surface area (Å²) in [6.07, 6.45) is 3.90. The van der Waals surface area contributed by atoms with Gasteiger partial charge in [-0.05, 0) is 31.5 Å². The summed E-state index contributed by atoms with van der Waals surface area (Å²) in [6.45, 7) is 3.78. The minimum atomic E-state index is -0.0482. The largest absolute Gasteiger partial charge is 0.288 e. The molecule has 0 saturated heterocycles. The first kappa shape index (κ1) is 11.4. The van der Waals surface area contributed by atoms with E-state index in [4.69, 9.17) is 0 Å². The predicted molar refractivity (Wildman–Crippen MR) is 63.8 cm³/mol. The molecule has 2 aromatic rings. The van der Waals surface area contributed by atoms with Crippen LogP contribution in [-0.4, -0.2) is 21.0 Å². The first-order valence-corrected chi connectivity index (χ1v) is 5.50. The highest BCUT2D eigenvalue weighted by molar-refractivity contribution is 6.09. The van der Waals surface area contributed by atoms with Crippen LogP contribution in [0.15, 0.2) is 30.6 Å². The highest BCUT2D eigenvalue weighted by Gasteiger charge is 2.14. The molecular formula is C13H13N3O. The fraction of sp³-hybridized carbons (Fsp3) is 0.231. The Morgan fingerprint density at radius 3 is 2.82 bits per heavy atom. The molecule has 0 spiro atoms. The van der Waals surface area contributed by atoms with Crippen molar-refractivity contribution in [2.45, 2.75) is 20.3 Å². The summed E-state index contributed by atoms with van der Waals surface area (Å²) >= 11 is 0. The van der Waals surface area contributed by atoms with Gasteiger partial charge in [0.05, 0.1) is 11.4 Å². The number of aryl methyl sites for hydroxylation is 2. The van der Waals surface area contributed by atoms with Crippen molar-refractivity contribution in [3.05, 3.63) is 53.1 Å². The van der Waals surface area contributed by atoms with Gasteiger partial charge in [-0.3, -0.25) is 9.78 Å². The topological polar surface area (TPSA) is 55.7 Å². The number of carbonyl (C=O) groups is 1.